The van der Waals surface area contributed by atoms with E-state index in [-0.39, 0.29) is 25.5 Å². The Kier molecular flexibility index (Phi) is 6.53. The Bertz CT molecular complexity index is 821. The number of aliphatic hydroxyl groups excluding tert-OH is 1. The molecule has 1 saturated heterocycles. The number of aromatic nitrogens is 2. The molecule has 0 radical (unpaired) electrons. The molecule has 2 atom stereocenters. The molecule has 11 nitrogen and oxygen atoms in total. The van der Waals surface area contributed by atoms with Crippen LogP contribution in [0.1, 0.15) is 49.9 Å². The summed E-state index contributed by atoms with van der Waals surface area (Å²) in [6.07, 6.45) is -0.540. The van der Waals surface area contributed by atoms with Gasteiger partial charge in [-0.15, -0.1) is 0 Å². The fourth-order valence-electron chi connectivity index (χ4n) is 3.00. The van der Waals surface area contributed by atoms with Crippen LogP contribution >= 0.6 is 0 Å². The first-order valence-corrected chi connectivity index (χ1v) is 9.06. The summed E-state index contributed by atoms with van der Waals surface area (Å²) in [7, 11) is 2.55. The quantitative estimate of drug-likeness (QED) is 0.599. The Hall–Kier alpha value is -2.66. The van der Waals surface area contributed by atoms with E-state index in [4.69, 9.17) is 9.47 Å². The van der Waals surface area contributed by atoms with Crippen LogP contribution < -0.4 is 5.56 Å². The van der Waals surface area contributed by atoms with Crippen LogP contribution in [0.3, 0.4) is 0 Å². The Morgan fingerprint density at radius 3 is 2.55 bits per heavy atom. The Morgan fingerprint density at radius 2 is 2.07 bits per heavy atom. The van der Waals surface area contributed by atoms with Crippen LogP contribution in [0, 0.1) is 0 Å². The van der Waals surface area contributed by atoms with Crippen LogP contribution in [0.2, 0.25) is 0 Å². The van der Waals surface area contributed by atoms with E-state index in [0.29, 0.717) is 6.42 Å². The third-order valence-electron chi connectivity index (χ3n) is 4.67. The lowest BCUT2D eigenvalue weighted by atomic mass is 9.87. The Labute approximate surface area is 167 Å². The van der Waals surface area contributed by atoms with Crippen molar-refractivity contribution in [3.05, 3.63) is 21.9 Å². The van der Waals surface area contributed by atoms with Gasteiger partial charge in [-0.2, -0.15) is 0 Å². The van der Waals surface area contributed by atoms with E-state index in [1.165, 1.54) is 11.9 Å². The summed E-state index contributed by atoms with van der Waals surface area (Å²) in [6.45, 7) is 4.79. The molecule has 162 valence electrons. The summed E-state index contributed by atoms with van der Waals surface area (Å²) in [6, 6.07) is 0. The van der Waals surface area contributed by atoms with Gasteiger partial charge in [-0.05, 0) is 33.6 Å². The summed E-state index contributed by atoms with van der Waals surface area (Å²) >= 11 is 0. The standard InChI is InChI=1S/C18H27N3O8/c1-17(2,3)29-16(26)21(4)18(7-6-10(8-22)28-9-18)15-19-11(14(25)27-5)12(23)13(24)20-15/h10,22-23H,6-9H2,1-5H3,(H,19,20,24). The fourth-order valence-corrected chi connectivity index (χ4v) is 3.00. The number of likely N-dealkylation sites (N-methyl/N-ethyl adjacent to an activating group) is 1. The average molecular weight is 413 g/mol. The molecular weight excluding hydrogens is 386 g/mol. The number of hydrogen-bond donors (Lipinski definition) is 3. The van der Waals surface area contributed by atoms with E-state index in [0.717, 1.165) is 7.11 Å². The van der Waals surface area contributed by atoms with Crippen LogP contribution in [-0.4, -0.2) is 76.2 Å². The van der Waals surface area contributed by atoms with Crippen molar-refractivity contribution in [2.75, 3.05) is 27.4 Å². The van der Waals surface area contributed by atoms with Gasteiger partial charge >= 0.3 is 12.1 Å². The van der Waals surface area contributed by atoms with E-state index in [1.807, 2.05) is 0 Å². The lowest BCUT2D eigenvalue weighted by Gasteiger charge is -2.44. The SMILES string of the molecule is COC(=O)c1nc(C2(N(C)C(=O)OC(C)(C)C)CCC(CO)OC2)[nH]c(=O)c1O. The minimum Gasteiger partial charge on any atom is -0.501 e. The summed E-state index contributed by atoms with van der Waals surface area (Å²) in [5.74, 6) is -1.96. The number of methoxy groups -OCH3 is 1. The number of aliphatic hydroxyl groups is 1. The number of aromatic amines is 1. The van der Waals surface area contributed by atoms with E-state index < -0.39 is 46.3 Å². The lowest BCUT2D eigenvalue weighted by Crippen LogP contribution is -2.56. The summed E-state index contributed by atoms with van der Waals surface area (Å²) in [5, 5.41) is 19.3. The van der Waals surface area contributed by atoms with Crippen LogP contribution in [0.15, 0.2) is 4.79 Å². The summed E-state index contributed by atoms with van der Waals surface area (Å²) in [4.78, 5) is 44.7. The average Bonchev–Trinajstić information content (AvgIpc) is 2.67. The van der Waals surface area contributed by atoms with Gasteiger partial charge in [0.05, 0.1) is 26.4 Å². The largest absolute Gasteiger partial charge is 0.501 e. The van der Waals surface area contributed by atoms with Gasteiger partial charge in [0.1, 0.15) is 17.0 Å². The topological polar surface area (TPSA) is 151 Å². The first-order chi connectivity index (χ1) is 13.4. The summed E-state index contributed by atoms with van der Waals surface area (Å²) in [5.41, 5.74) is -3.61. The molecule has 29 heavy (non-hydrogen) atoms. The molecule has 0 bridgehead atoms. The normalized spacial score (nSPS) is 22.1. The zero-order valence-electron chi connectivity index (χ0n) is 17.1. The van der Waals surface area contributed by atoms with Crippen molar-refractivity contribution in [2.24, 2.45) is 0 Å². The van der Waals surface area contributed by atoms with Crippen molar-refractivity contribution in [3.63, 3.8) is 0 Å². The molecule has 1 aromatic heterocycles. The fraction of sp³-hybridized carbons (Fsp3) is 0.667. The van der Waals surface area contributed by atoms with Gasteiger partial charge in [-0.1, -0.05) is 0 Å². The Balaban J connectivity index is 2.57. The first-order valence-electron chi connectivity index (χ1n) is 9.06. The molecule has 3 N–H and O–H groups in total. The number of ether oxygens (including phenoxy) is 3. The van der Waals surface area contributed by atoms with Crippen molar-refractivity contribution in [2.45, 2.75) is 50.9 Å². The van der Waals surface area contributed by atoms with Crippen molar-refractivity contribution < 1.29 is 34.0 Å². The van der Waals surface area contributed by atoms with Gasteiger partial charge in [0, 0.05) is 7.05 Å². The van der Waals surface area contributed by atoms with Crippen LogP contribution in [0.4, 0.5) is 4.79 Å². The van der Waals surface area contributed by atoms with Crippen molar-refractivity contribution >= 4 is 12.1 Å². The molecule has 0 aliphatic carbocycles. The van der Waals surface area contributed by atoms with Gasteiger partial charge < -0.3 is 29.4 Å². The van der Waals surface area contributed by atoms with Gasteiger partial charge in [0.2, 0.25) is 5.75 Å². The second-order valence-electron chi connectivity index (χ2n) is 7.83. The highest BCUT2D eigenvalue weighted by Gasteiger charge is 2.47. The minimum atomic E-state index is -1.30. The van der Waals surface area contributed by atoms with E-state index in [1.54, 1.807) is 20.8 Å². The van der Waals surface area contributed by atoms with Crippen LogP contribution in [0.5, 0.6) is 5.75 Å². The van der Waals surface area contributed by atoms with Crippen LogP contribution in [0.25, 0.3) is 0 Å². The van der Waals surface area contributed by atoms with Gasteiger partial charge in [0.15, 0.2) is 5.69 Å². The van der Waals surface area contributed by atoms with Crippen molar-refractivity contribution in [3.8, 4) is 5.75 Å². The van der Waals surface area contributed by atoms with Crippen molar-refractivity contribution in [1.82, 2.24) is 14.9 Å². The second-order valence-corrected chi connectivity index (χ2v) is 7.83. The molecule has 2 rings (SSSR count). The highest BCUT2D eigenvalue weighted by molar-refractivity contribution is 5.89. The molecule has 0 spiro atoms. The molecule has 0 aromatic carbocycles. The maximum atomic E-state index is 12.8. The van der Waals surface area contributed by atoms with E-state index >= 15 is 0 Å². The number of aromatic hydroxyl groups is 1. The lowest BCUT2D eigenvalue weighted by molar-refractivity contribution is -0.103. The molecular formula is C18H27N3O8. The molecule has 2 unspecified atom stereocenters. The maximum Gasteiger partial charge on any atom is 0.410 e. The number of H-pyrrole nitrogens is 1. The predicted molar refractivity (Wildman–Crippen MR) is 99.6 cm³/mol. The first kappa shape index (κ1) is 22.6. The van der Waals surface area contributed by atoms with E-state index in [2.05, 4.69) is 14.7 Å². The smallest absolute Gasteiger partial charge is 0.410 e. The molecule has 0 saturated carbocycles. The zero-order valence-corrected chi connectivity index (χ0v) is 17.1. The van der Waals surface area contributed by atoms with Gasteiger partial charge in [0.25, 0.3) is 5.56 Å². The number of carbonyl (C=O) groups excluding carboxylic acids is 2. The number of carbonyl (C=O) groups is 2. The number of nitrogens with one attached hydrogen (secondary N) is 1. The predicted octanol–water partition coefficient (Wildman–Crippen LogP) is 0.496. The third-order valence-corrected chi connectivity index (χ3v) is 4.67. The minimum absolute atomic E-state index is 0.0644. The molecule has 1 amide bonds. The molecule has 2 heterocycles. The van der Waals surface area contributed by atoms with E-state index in [9.17, 15) is 24.6 Å². The van der Waals surface area contributed by atoms with Gasteiger partial charge in [-0.3, -0.25) is 9.69 Å². The molecule has 11 heteroatoms. The highest BCUT2D eigenvalue weighted by Crippen LogP contribution is 2.37. The van der Waals surface area contributed by atoms with Crippen LogP contribution in [-0.2, 0) is 19.7 Å². The molecule has 1 aromatic rings. The number of rotatable bonds is 4. The monoisotopic (exact) mass is 413 g/mol. The van der Waals surface area contributed by atoms with Gasteiger partial charge in [-0.25, -0.2) is 14.6 Å². The molecule has 1 aliphatic heterocycles. The molecule has 1 aliphatic rings. The number of nitrogens with zero attached hydrogens (tertiary/aromatic N) is 2. The number of amides is 1. The second kappa shape index (κ2) is 8.37. The number of hydrogen-bond acceptors (Lipinski definition) is 9. The third kappa shape index (κ3) is 4.67. The van der Waals surface area contributed by atoms with Crippen molar-refractivity contribution in [1.29, 1.82) is 0 Å². The molecule has 1 fully saturated rings. The highest BCUT2D eigenvalue weighted by atomic mass is 16.6. The number of esters is 1. The zero-order chi connectivity index (χ0) is 22.0. The maximum absolute atomic E-state index is 12.8. The summed E-state index contributed by atoms with van der Waals surface area (Å²) < 4.78 is 15.7. The Morgan fingerprint density at radius 1 is 1.41 bits per heavy atom.